The third kappa shape index (κ3) is 7.45. The zero-order chi connectivity index (χ0) is 20.5. The lowest BCUT2D eigenvalue weighted by atomic mass is 10.0. The van der Waals surface area contributed by atoms with Crippen molar-refractivity contribution < 1.29 is 14.2 Å². The van der Waals surface area contributed by atoms with Crippen LogP contribution in [0, 0.1) is 5.82 Å². The number of hydrogen-bond acceptors (Lipinski definition) is 3. The minimum atomic E-state index is -0.848. The third-order valence-corrected chi connectivity index (χ3v) is 4.96. The number of benzene rings is 3. The molecule has 0 heterocycles. The smallest absolute Gasteiger partial charge is 0.129 e. The van der Waals surface area contributed by atoms with Crippen LogP contribution in [-0.2, 0) is 13.0 Å². The van der Waals surface area contributed by atoms with E-state index in [1.54, 1.807) is 18.2 Å². The second-order valence-corrected chi connectivity index (χ2v) is 7.30. The van der Waals surface area contributed by atoms with E-state index >= 15 is 0 Å². The molecule has 0 saturated heterocycles. The number of nitrogens with one attached hydrogen (secondary N) is 1. The average molecular weight is 430 g/mol. The minimum Gasteiger partial charge on any atom is -0.489 e. The van der Waals surface area contributed by atoms with Crippen molar-refractivity contribution in [1.82, 2.24) is 5.32 Å². The molecule has 0 radical (unpaired) electrons. The quantitative estimate of drug-likeness (QED) is 0.449. The molecule has 3 aromatic rings. The average Bonchev–Trinajstić information content (AvgIpc) is 2.76. The van der Waals surface area contributed by atoms with E-state index in [2.05, 4.69) is 24.4 Å². The molecule has 2 atom stereocenters. The minimum absolute atomic E-state index is 0. The first-order chi connectivity index (χ1) is 14.1. The van der Waals surface area contributed by atoms with Crippen LogP contribution in [-0.4, -0.2) is 17.7 Å². The van der Waals surface area contributed by atoms with Crippen molar-refractivity contribution in [3.8, 4) is 5.75 Å². The van der Waals surface area contributed by atoms with Crippen LogP contribution in [0.1, 0.15) is 36.1 Å². The number of rotatable bonds is 10. The van der Waals surface area contributed by atoms with Gasteiger partial charge in [-0.2, -0.15) is 0 Å². The Balaban J connectivity index is 0.00000320. The summed E-state index contributed by atoms with van der Waals surface area (Å²) in [4.78, 5) is 0. The molecule has 2 N–H and O–H groups in total. The van der Waals surface area contributed by atoms with Gasteiger partial charge in [0.15, 0.2) is 0 Å². The third-order valence-electron chi connectivity index (χ3n) is 4.96. The molecule has 5 heteroatoms. The van der Waals surface area contributed by atoms with Gasteiger partial charge in [-0.1, -0.05) is 60.7 Å². The van der Waals surface area contributed by atoms with Crippen molar-refractivity contribution in [1.29, 1.82) is 0 Å². The number of aliphatic hydroxyl groups is 1. The SMILES string of the molecule is C[C@H](CCc1ccc(OCc2ccccc2)cc1)NCC(O)c1ccccc1F.Cl. The summed E-state index contributed by atoms with van der Waals surface area (Å²) in [6, 6.07) is 24.8. The fraction of sp³-hybridized carbons (Fsp3) is 0.280. The lowest BCUT2D eigenvalue weighted by molar-refractivity contribution is 0.165. The van der Waals surface area contributed by atoms with Gasteiger partial charge in [-0.25, -0.2) is 4.39 Å². The van der Waals surface area contributed by atoms with Crippen LogP contribution in [0.15, 0.2) is 78.9 Å². The van der Waals surface area contributed by atoms with Gasteiger partial charge in [0.05, 0.1) is 6.10 Å². The predicted octanol–water partition coefficient (Wildman–Crippen LogP) is 5.47. The van der Waals surface area contributed by atoms with Gasteiger partial charge in [-0.3, -0.25) is 0 Å². The lowest BCUT2D eigenvalue weighted by Crippen LogP contribution is -2.31. The van der Waals surface area contributed by atoms with E-state index in [-0.39, 0.29) is 24.3 Å². The molecule has 3 nitrogen and oxygen atoms in total. The predicted molar refractivity (Wildman–Crippen MR) is 122 cm³/mol. The van der Waals surface area contributed by atoms with Crippen molar-refractivity contribution >= 4 is 12.4 Å². The first-order valence-corrected chi connectivity index (χ1v) is 10.0. The van der Waals surface area contributed by atoms with Crippen LogP contribution in [0.25, 0.3) is 0 Å². The molecule has 3 aromatic carbocycles. The molecule has 0 saturated carbocycles. The van der Waals surface area contributed by atoms with Crippen molar-refractivity contribution in [2.75, 3.05) is 6.54 Å². The van der Waals surface area contributed by atoms with Gasteiger partial charge in [-0.05, 0) is 49.1 Å². The second kappa shape index (κ2) is 12.3. The highest BCUT2D eigenvalue weighted by Crippen LogP contribution is 2.17. The summed E-state index contributed by atoms with van der Waals surface area (Å²) in [6.07, 6.45) is 0.997. The van der Waals surface area contributed by atoms with Gasteiger partial charge in [0.25, 0.3) is 0 Å². The van der Waals surface area contributed by atoms with Gasteiger partial charge in [0, 0.05) is 18.2 Å². The standard InChI is InChI=1S/C25H28FNO2.ClH/c1-19(27-17-25(28)23-9-5-6-10-24(23)26)11-12-20-13-15-22(16-14-20)29-18-21-7-3-2-4-8-21;/h2-10,13-16,19,25,27-28H,11-12,17-18H2,1H3;1H/t19-,25?;/m1./s1. The molecule has 0 fully saturated rings. The van der Waals surface area contributed by atoms with Crippen molar-refractivity contribution in [3.63, 3.8) is 0 Å². The van der Waals surface area contributed by atoms with Crippen LogP contribution in [0.2, 0.25) is 0 Å². The summed E-state index contributed by atoms with van der Waals surface area (Å²) in [5, 5.41) is 13.5. The Morgan fingerprint density at radius 1 is 0.900 bits per heavy atom. The van der Waals surface area contributed by atoms with E-state index in [9.17, 15) is 9.50 Å². The summed E-state index contributed by atoms with van der Waals surface area (Å²) < 4.78 is 19.5. The van der Waals surface area contributed by atoms with E-state index in [4.69, 9.17) is 4.74 Å². The maximum absolute atomic E-state index is 13.7. The van der Waals surface area contributed by atoms with Gasteiger partial charge in [0.1, 0.15) is 18.2 Å². The maximum atomic E-state index is 13.7. The fourth-order valence-corrected chi connectivity index (χ4v) is 3.15. The van der Waals surface area contributed by atoms with Gasteiger partial charge < -0.3 is 15.2 Å². The Hall–Kier alpha value is -2.40. The topological polar surface area (TPSA) is 41.5 Å². The van der Waals surface area contributed by atoms with Crippen LogP contribution >= 0.6 is 12.4 Å². The highest BCUT2D eigenvalue weighted by Gasteiger charge is 2.13. The largest absolute Gasteiger partial charge is 0.489 e. The molecule has 30 heavy (non-hydrogen) atoms. The Kier molecular flexibility index (Phi) is 9.81. The number of hydrogen-bond donors (Lipinski definition) is 2. The van der Waals surface area contributed by atoms with E-state index in [1.807, 2.05) is 42.5 Å². The van der Waals surface area contributed by atoms with Crippen molar-refractivity contribution in [3.05, 3.63) is 101 Å². The summed E-state index contributed by atoms with van der Waals surface area (Å²) in [7, 11) is 0. The molecule has 0 aliphatic rings. The Morgan fingerprint density at radius 3 is 2.27 bits per heavy atom. The normalized spacial score (nSPS) is 12.6. The van der Waals surface area contributed by atoms with E-state index in [0.29, 0.717) is 18.7 Å². The molecule has 3 rings (SSSR count). The van der Waals surface area contributed by atoms with Crippen LogP contribution in [0.4, 0.5) is 4.39 Å². The molecule has 0 spiro atoms. The lowest BCUT2D eigenvalue weighted by Gasteiger charge is -2.18. The summed E-state index contributed by atoms with van der Waals surface area (Å²) in [6.45, 7) is 2.96. The van der Waals surface area contributed by atoms with Crippen molar-refractivity contribution in [2.24, 2.45) is 0 Å². The van der Waals surface area contributed by atoms with Gasteiger partial charge in [-0.15, -0.1) is 12.4 Å². The van der Waals surface area contributed by atoms with Crippen LogP contribution in [0.5, 0.6) is 5.75 Å². The molecular formula is C25H29ClFNO2. The van der Waals surface area contributed by atoms with E-state index in [0.717, 1.165) is 24.2 Å². The zero-order valence-corrected chi connectivity index (χ0v) is 17.9. The van der Waals surface area contributed by atoms with Gasteiger partial charge >= 0.3 is 0 Å². The molecule has 1 unspecified atom stereocenters. The second-order valence-electron chi connectivity index (χ2n) is 7.30. The molecular weight excluding hydrogens is 401 g/mol. The highest BCUT2D eigenvalue weighted by molar-refractivity contribution is 5.85. The maximum Gasteiger partial charge on any atom is 0.129 e. The van der Waals surface area contributed by atoms with Crippen LogP contribution < -0.4 is 10.1 Å². The Labute approximate surface area is 184 Å². The van der Waals surface area contributed by atoms with Crippen molar-refractivity contribution in [2.45, 2.75) is 38.5 Å². The number of aryl methyl sites for hydroxylation is 1. The van der Waals surface area contributed by atoms with E-state index in [1.165, 1.54) is 11.6 Å². The fourth-order valence-electron chi connectivity index (χ4n) is 3.15. The number of halogens is 2. The zero-order valence-electron chi connectivity index (χ0n) is 17.1. The molecule has 160 valence electrons. The first-order valence-electron chi connectivity index (χ1n) is 10.0. The molecule has 0 aliphatic heterocycles. The summed E-state index contributed by atoms with van der Waals surface area (Å²) >= 11 is 0. The molecule has 0 aliphatic carbocycles. The Morgan fingerprint density at radius 2 is 1.57 bits per heavy atom. The summed E-state index contributed by atoms with van der Waals surface area (Å²) in [5.74, 6) is 0.487. The van der Waals surface area contributed by atoms with Gasteiger partial charge in [0.2, 0.25) is 0 Å². The molecule has 0 aromatic heterocycles. The van der Waals surface area contributed by atoms with E-state index < -0.39 is 6.10 Å². The summed E-state index contributed by atoms with van der Waals surface area (Å²) in [5.41, 5.74) is 2.72. The Bertz CT molecular complexity index is 874. The number of aliphatic hydroxyl groups excluding tert-OH is 1. The number of ether oxygens (including phenoxy) is 1. The monoisotopic (exact) mass is 429 g/mol. The first kappa shape index (κ1) is 23.9. The molecule has 0 amide bonds. The molecule has 0 bridgehead atoms. The highest BCUT2D eigenvalue weighted by atomic mass is 35.5. The van der Waals surface area contributed by atoms with Crippen LogP contribution in [0.3, 0.4) is 0 Å².